The summed E-state index contributed by atoms with van der Waals surface area (Å²) in [6.07, 6.45) is 4.39. The molecular formula is C21H18N4OS. The van der Waals surface area contributed by atoms with Crippen molar-refractivity contribution in [3.8, 4) is 5.69 Å². The number of nitrogens with zero attached hydrogens (tertiary/aromatic N) is 3. The molecule has 0 bridgehead atoms. The van der Waals surface area contributed by atoms with Crippen molar-refractivity contribution in [2.75, 3.05) is 5.32 Å². The van der Waals surface area contributed by atoms with E-state index < -0.39 is 0 Å². The lowest BCUT2D eigenvalue weighted by atomic mass is 10.1. The number of hydrogen-bond donors (Lipinski definition) is 1. The molecule has 2 aromatic heterocycles. The first-order chi connectivity index (χ1) is 13.2. The number of aryl methyl sites for hydroxylation is 1. The number of hydrogen-bond acceptors (Lipinski definition) is 4. The Bertz CT molecular complexity index is 1070. The minimum Gasteiger partial charge on any atom is -0.296 e. The van der Waals surface area contributed by atoms with Crippen LogP contribution in [0.2, 0.25) is 0 Å². The van der Waals surface area contributed by atoms with Crippen LogP contribution in [-0.4, -0.2) is 20.7 Å². The highest BCUT2D eigenvalue weighted by molar-refractivity contribution is 7.15. The molecule has 5 nitrogen and oxygen atoms in total. The lowest BCUT2D eigenvalue weighted by Gasteiger charge is -2.01. The van der Waals surface area contributed by atoms with Crippen molar-refractivity contribution in [3.63, 3.8) is 0 Å². The van der Waals surface area contributed by atoms with E-state index in [1.54, 1.807) is 16.9 Å². The van der Waals surface area contributed by atoms with E-state index in [2.05, 4.69) is 46.6 Å². The van der Waals surface area contributed by atoms with Crippen molar-refractivity contribution < 1.29 is 4.79 Å². The van der Waals surface area contributed by atoms with E-state index in [4.69, 9.17) is 0 Å². The largest absolute Gasteiger partial charge is 0.296 e. The molecule has 2 aromatic carbocycles. The number of anilines is 1. The van der Waals surface area contributed by atoms with Crippen LogP contribution in [-0.2, 0) is 6.42 Å². The molecule has 0 radical (unpaired) electrons. The second-order valence-electron chi connectivity index (χ2n) is 6.23. The zero-order valence-corrected chi connectivity index (χ0v) is 15.6. The second-order valence-corrected chi connectivity index (χ2v) is 7.35. The van der Waals surface area contributed by atoms with E-state index >= 15 is 0 Å². The number of amides is 1. The summed E-state index contributed by atoms with van der Waals surface area (Å²) < 4.78 is 1.68. The van der Waals surface area contributed by atoms with E-state index in [9.17, 15) is 4.79 Å². The molecule has 0 atom stereocenters. The Balaban J connectivity index is 1.43. The number of nitrogens with one attached hydrogen (secondary N) is 1. The molecule has 1 amide bonds. The molecule has 0 spiro atoms. The van der Waals surface area contributed by atoms with Crippen LogP contribution >= 0.6 is 11.3 Å². The molecule has 4 rings (SSSR count). The molecular weight excluding hydrogens is 356 g/mol. The van der Waals surface area contributed by atoms with Crippen LogP contribution in [0.5, 0.6) is 0 Å². The third-order valence-electron chi connectivity index (χ3n) is 4.08. The number of para-hydroxylation sites is 1. The molecule has 6 heteroatoms. The number of thiazole rings is 1. The molecule has 0 fully saturated rings. The smallest absolute Gasteiger partial charge is 0.277 e. The number of carbonyl (C=O) groups excluding carboxylic acids is 1. The van der Waals surface area contributed by atoms with Gasteiger partial charge in [-0.1, -0.05) is 48.0 Å². The number of carbonyl (C=O) groups is 1. The topological polar surface area (TPSA) is 59.8 Å². The molecule has 0 saturated heterocycles. The third-order valence-corrected chi connectivity index (χ3v) is 4.99. The van der Waals surface area contributed by atoms with E-state index in [-0.39, 0.29) is 5.91 Å². The first kappa shape index (κ1) is 17.2. The molecule has 4 aromatic rings. The summed E-state index contributed by atoms with van der Waals surface area (Å²) in [4.78, 5) is 17.9. The maximum absolute atomic E-state index is 12.5. The van der Waals surface area contributed by atoms with E-state index in [0.29, 0.717) is 10.8 Å². The maximum Gasteiger partial charge on any atom is 0.277 e. The SMILES string of the molecule is Cc1cccc(Cc2cnc(NC(=O)c3ccn(-c4ccccc4)n3)s2)c1. The number of aromatic nitrogens is 3. The predicted molar refractivity (Wildman–Crippen MR) is 108 cm³/mol. The lowest BCUT2D eigenvalue weighted by Crippen LogP contribution is -2.12. The minimum absolute atomic E-state index is 0.263. The summed E-state index contributed by atoms with van der Waals surface area (Å²) in [7, 11) is 0. The van der Waals surface area contributed by atoms with Gasteiger partial charge < -0.3 is 0 Å². The summed E-state index contributed by atoms with van der Waals surface area (Å²) >= 11 is 1.48. The molecule has 1 N–H and O–H groups in total. The third kappa shape index (κ3) is 4.12. The van der Waals surface area contributed by atoms with Crippen LogP contribution in [0.1, 0.15) is 26.5 Å². The predicted octanol–water partition coefficient (Wildman–Crippen LogP) is 4.48. The Kier molecular flexibility index (Phi) is 4.80. The van der Waals surface area contributed by atoms with Gasteiger partial charge in [-0.2, -0.15) is 5.10 Å². The van der Waals surface area contributed by atoms with Crippen molar-refractivity contribution in [3.05, 3.63) is 94.8 Å². The zero-order valence-electron chi connectivity index (χ0n) is 14.8. The highest BCUT2D eigenvalue weighted by atomic mass is 32.1. The van der Waals surface area contributed by atoms with Gasteiger partial charge in [-0.3, -0.25) is 10.1 Å². The fraction of sp³-hybridized carbons (Fsp3) is 0.0952. The van der Waals surface area contributed by atoms with Gasteiger partial charge in [0.2, 0.25) is 0 Å². The normalized spacial score (nSPS) is 10.7. The molecule has 0 saturated carbocycles. The number of rotatable bonds is 5. The van der Waals surface area contributed by atoms with Crippen LogP contribution in [0.3, 0.4) is 0 Å². The van der Waals surface area contributed by atoms with E-state index in [1.807, 2.05) is 36.5 Å². The Hall–Kier alpha value is -3.25. The molecule has 27 heavy (non-hydrogen) atoms. The average Bonchev–Trinajstić information content (AvgIpc) is 3.32. The summed E-state index contributed by atoms with van der Waals surface area (Å²) in [5.41, 5.74) is 3.73. The molecule has 134 valence electrons. The summed E-state index contributed by atoms with van der Waals surface area (Å²) in [5.74, 6) is -0.263. The van der Waals surface area contributed by atoms with E-state index in [1.165, 1.54) is 22.5 Å². The van der Waals surface area contributed by atoms with Crippen LogP contribution in [0.4, 0.5) is 5.13 Å². The van der Waals surface area contributed by atoms with Crippen molar-refractivity contribution in [2.24, 2.45) is 0 Å². The molecule has 2 heterocycles. The molecule has 0 unspecified atom stereocenters. The highest BCUT2D eigenvalue weighted by Gasteiger charge is 2.13. The maximum atomic E-state index is 12.5. The fourth-order valence-corrected chi connectivity index (χ4v) is 3.64. The fourth-order valence-electron chi connectivity index (χ4n) is 2.80. The van der Waals surface area contributed by atoms with Crippen LogP contribution in [0.25, 0.3) is 5.69 Å². The van der Waals surface area contributed by atoms with Gasteiger partial charge in [0.1, 0.15) is 0 Å². The van der Waals surface area contributed by atoms with Crippen molar-refractivity contribution in [1.82, 2.24) is 14.8 Å². The van der Waals surface area contributed by atoms with Crippen LogP contribution < -0.4 is 5.32 Å². The quantitative estimate of drug-likeness (QED) is 0.560. The van der Waals surface area contributed by atoms with Gasteiger partial charge in [0.05, 0.1) is 5.69 Å². The Morgan fingerprint density at radius 2 is 1.96 bits per heavy atom. The van der Waals surface area contributed by atoms with Crippen LogP contribution in [0, 0.1) is 6.92 Å². The highest BCUT2D eigenvalue weighted by Crippen LogP contribution is 2.22. The zero-order chi connectivity index (χ0) is 18.6. The van der Waals surface area contributed by atoms with E-state index in [0.717, 1.165) is 17.0 Å². The first-order valence-corrected chi connectivity index (χ1v) is 9.42. The molecule has 0 aliphatic heterocycles. The second kappa shape index (κ2) is 7.55. The summed E-state index contributed by atoms with van der Waals surface area (Å²) in [5, 5.41) is 7.76. The van der Waals surface area contributed by atoms with Gasteiger partial charge in [0.25, 0.3) is 5.91 Å². The Morgan fingerprint density at radius 1 is 1.11 bits per heavy atom. The van der Waals surface area contributed by atoms with Crippen molar-refractivity contribution >= 4 is 22.4 Å². The standard InChI is InChI=1S/C21H18N4OS/c1-15-6-5-7-16(12-15)13-18-14-22-21(27-18)23-20(26)19-10-11-25(24-19)17-8-3-2-4-9-17/h2-12,14H,13H2,1H3,(H,22,23,26). The van der Waals surface area contributed by atoms with Gasteiger partial charge in [-0.15, -0.1) is 11.3 Å². The average molecular weight is 374 g/mol. The molecule has 0 aliphatic carbocycles. The monoisotopic (exact) mass is 374 g/mol. The van der Waals surface area contributed by atoms with Gasteiger partial charge >= 0.3 is 0 Å². The van der Waals surface area contributed by atoms with Gasteiger partial charge in [0.15, 0.2) is 10.8 Å². The first-order valence-electron chi connectivity index (χ1n) is 8.60. The van der Waals surface area contributed by atoms with Crippen molar-refractivity contribution in [2.45, 2.75) is 13.3 Å². The van der Waals surface area contributed by atoms with Crippen LogP contribution in [0.15, 0.2) is 73.1 Å². The van der Waals surface area contributed by atoms with Gasteiger partial charge in [0, 0.05) is 23.7 Å². The Labute approximate surface area is 161 Å². The van der Waals surface area contributed by atoms with Gasteiger partial charge in [-0.25, -0.2) is 9.67 Å². The molecule has 0 aliphatic rings. The van der Waals surface area contributed by atoms with Gasteiger partial charge in [-0.05, 0) is 30.7 Å². The Morgan fingerprint density at radius 3 is 2.78 bits per heavy atom. The summed E-state index contributed by atoms with van der Waals surface area (Å²) in [6, 6.07) is 19.8. The number of benzene rings is 2. The minimum atomic E-state index is -0.263. The van der Waals surface area contributed by atoms with Crippen molar-refractivity contribution in [1.29, 1.82) is 0 Å². The lowest BCUT2D eigenvalue weighted by molar-refractivity contribution is 0.102. The summed E-state index contributed by atoms with van der Waals surface area (Å²) in [6.45, 7) is 2.08.